The number of anilines is 1. The molecule has 0 radical (unpaired) electrons. The SMILES string of the molecule is Cn1nc(Cc2ccc(F)cc2)cc1NC(=O)CC1CC(F)(F)C1. The van der Waals surface area contributed by atoms with Crippen molar-refractivity contribution in [2.24, 2.45) is 13.0 Å². The van der Waals surface area contributed by atoms with Crippen molar-refractivity contribution < 1.29 is 18.0 Å². The lowest BCUT2D eigenvalue weighted by Gasteiger charge is -2.34. The van der Waals surface area contributed by atoms with Gasteiger partial charge in [-0.05, 0) is 23.6 Å². The molecule has 3 rings (SSSR count). The first-order valence-corrected chi connectivity index (χ1v) is 7.76. The number of amides is 1. The molecule has 0 bridgehead atoms. The number of nitrogens with one attached hydrogen (secondary N) is 1. The molecule has 7 heteroatoms. The van der Waals surface area contributed by atoms with E-state index >= 15 is 0 Å². The highest BCUT2D eigenvalue weighted by Crippen LogP contribution is 2.44. The number of hydrogen-bond acceptors (Lipinski definition) is 2. The number of aromatic nitrogens is 2. The average molecular weight is 337 g/mol. The summed E-state index contributed by atoms with van der Waals surface area (Å²) in [5.41, 5.74) is 1.64. The molecule has 1 N–H and O–H groups in total. The van der Waals surface area contributed by atoms with E-state index in [4.69, 9.17) is 0 Å². The molecule has 2 aromatic rings. The van der Waals surface area contributed by atoms with Crippen molar-refractivity contribution in [3.8, 4) is 0 Å². The van der Waals surface area contributed by atoms with Gasteiger partial charge in [0.1, 0.15) is 11.6 Å². The number of carbonyl (C=O) groups excluding carboxylic acids is 1. The van der Waals surface area contributed by atoms with Gasteiger partial charge in [-0.1, -0.05) is 12.1 Å². The number of benzene rings is 1. The van der Waals surface area contributed by atoms with Crippen LogP contribution in [0.25, 0.3) is 0 Å². The Hall–Kier alpha value is -2.31. The van der Waals surface area contributed by atoms with Gasteiger partial charge in [0, 0.05) is 38.8 Å². The van der Waals surface area contributed by atoms with E-state index in [0.29, 0.717) is 12.2 Å². The third-order valence-corrected chi connectivity index (χ3v) is 4.15. The Balaban J connectivity index is 1.57. The van der Waals surface area contributed by atoms with Crippen molar-refractivity contribution in [3.63, 3.8) is 0 Å². The van der Waals surface area contributed by atoms with Crippen molar-refractivity contribution in [2.45, 2.75) is 31.6 Å². The van der Waals surface area contributed by atoms with E-state index in [1.165, 1.54) is 16.8 Å². The van der Waals surface area contributed by atoms with Gasteiger partial charge in [-0.25, -0.2) is 13.2 Å². The third kappa shape index (κ3) is 3.96. The van der Waals surface area contributed by atoms with Gasteiger partial charge in [0.25, 0.3) is 0 Å². The van der Waals surface area contributed by atoms with E-state index in [-0.39, 0.29) is 36.9 Å². The second-order valence-electron chi connectivity index (χ2n) is 6.33. The lowest BCUT2D eigenvalue weighted by molar-refractivity contribution is -0.129. The van der Waals surface area contributed by atoms with Crippen LogP contribution in [-0.2, 0) is 18.3 Å². The van der Waals surface area contributed by atoms with Crippen LogP contribution in [0.3, 0.4) is 0 Å². The number of rotatable bonds is 5. The molecular weight excluding hydrogens is 319 g/mol. The molecule has 1 aliphatic carbocycles. The molecule has 0 atom stereocenters. The van der Waals surface area contributed by atoms with E-state index in [9.17, 15) is 18.0 Å². The lowest BCUT2D eigenvalue weighted by atomic mass is 9.79. The molecule has 1 aliphatic rings. The summed E-state index contributed by atoms with van der Waals surface area (Å²) in [7, 11) is 1.70. The van der Waals surface area contributed by atoms with E-state index < -0.39 is 5.92 Å². The monoisotopic (exact) mass is 337 g/mol. The topological polar surface area (TPSA) is 46.9 Å². The first-order chi connectivity index (χ1) is 11.3. The van der Waals surface area contributed by atoms with E-state index in [2.05, 4.69) is 10.4 Å². The maximum Gasteiger partial charge on any atom is 0.248 e. The summed E-state index contributed by atoms with van der Waals surface area (Å²) in [4.78, 5) is 11.9. The Kier molecular flexibility index (Phi) is 4.34. The van der Waals surface area contributed by atoms with Gasteiger partial charge in [-0.15, -0.1) is 0 Å². The molecule has 0 unspecified atom stereocenters. The van der Waals surface area contributed by atoms with Gasteiger partial charge in [0.15, 0.2) is 0 Å². The lowest BCUT2D eigenvalue weighted by Crippen LogP contribution is -2.37. The standard InChI is InChI=1S/C17H18F3N3O/c1-23-15(21-16(24)7-12-9-17(19,20)10-12)8-14(22-23)6-11-2-4-13(18)5-3-11/h2-5,8,12H,6-7,9-10H2,1H3,(H,21,24). The molecule has 24 heavy (non-hydrogen) atoms. The van der Waals surface area contributed by atoms with Crippen LogP contribution in [0.1, 0.15) is 30.5 Å². The van der Waals surface area contributed by atoms with Crippen molar-refractivity contribution in [1.29, 1.82) is 0 Å². The van der Waals surface area contributed by atoms with Gasteiger partial charge in [-0.3, -0.25) is 9.48 Å². The number of alkyl halides is 2. The van der Waals surface area contributed by atoms with E-state index in [0.717, 1.165) is 11.3 Å². The second-order valence-corrected chi connectivity index (χ2v) is 6.33. The molecule has 1 aromatic heterocycles. The van der Waals surface area contributed by atoms with Gasteiger partial charge in [-0.2, -0.15) is 5.10 Å². The minimum Gasteiger partial charge on any atom is -0.311 e. The normalized spacial score (nSPS) is 16.7. The average Bonchev–Trinajstić information content (AvgIpc) is 2.79. The second kappa shape index (κ2) is 6.30. The maximum atomic E-state index is 12.9. The first kappa shape index (κ1) is 16.5. The predicted molar refractivity (Wildman–Crippen MR) is 83.3 cm³/mol. The molecular formula is C17H18F3N3O. The van der Waals surface area contributed by atoms with Crippen molar-refractivity contribution in [1.82, 2.24) is 9.78 Å². The summed E-state index contributed by atoms with van der Waals surface area (Å²) in [6, 6.07) is 7.86. The zero-order valence-electron chi connectivity index (χ0n) is 13.2. The Morgan fingerprint density at radius 2 is 2.00 bits per heavy atom. The summed E-state index contributed by atoms with van der Waals surface area (Å²) in [6.07, 6.45) is 0.163. The molecule has 1 aromatic carbocycles. The maximum absolute atomic E-state index is 12.9. The molecule has 4 nitrogen and oxygen atoms in total. The number of nitrogens with zero attached hydrogens (tertiary/aromatic N) is 2. The van der Waals surface area contributed by atoms with E-state index in [1.807, 2.05) is 0 Å². The van der Waals surface area contributed by atoms with Crippen molar-refractivity contribution in [3.05, 3.63) is 47.4 Å². The highest BCUT2D eigenvalue weighted by Gasteiger charge is 2.45. The van der Waals surface area contributed by atoms with Crippen LogP contribution < -0.4 is 5.32 Å². The number of aryl methyl sites for hydroxylation is 1. The summed E-state index contributed by atoms with van der Waals surface area (Å²) < 4.78 is 40.0. The van der Waals surface area contributed by atoms with Crippen LogP contribution in [0, 0.1) is 11.7 Å². The zero-order chi connectivity index (χ0) is 17.3. The molecule has 0 saturated heterocycles. The van der Waals surface area contributed by atoms with Gasteiger partial charge in [0.2, 0.25) is 11.8 Å². The van der Waals surface area contributed by atoms with Crippen LogP contribution in [0.15, 0.2) is 30.3 Å². The highest BCUT2D eigenvalue weighted by atomic mass is 19.3. The molecule has 1 heterocycles. The smallest absolute Gasteiger partial charge is 0.248 e. The van der Waals surface area contributed by atoms with Gasteiger partial charge in [0.05, 0.1) is 5.69 Å². The van der Waals surface area contributed by atoms with Gasteiger partial charge >= 0.3 is 0 Å². The Morgan fingerprint density at radius 1 is 1.33 bits per heavy atom. The molecule has 0 spiro atoms. The van der Waals surface area contributed by atoms with Crippen molar-refractivity contribution in [2.75, 3.05) is 5.32 Å². The molecule has 1 saturated carbocycles. The Labute approximate surface area is 137 Å². The van der Waals surface area contributed by atoms with Crippen LogP contribution in [-0.4, -0.2) is 21.6 Å². The predicted octanol–water partition coefficient (Wildman–Crippen LogP) is 3.52. The number of carbonyl (C=O) groups is 1. The van der Waals surface area contributed by atoms with Crippen molar-refractivity contribution >= 4 is 11.7 Å². The summed E-state index contributed by atoms with van der Waals surface area (Å²) in [6.45, 7) is 0. The van der Waals surface area contributed by atoms with Crippen LogP contribution in [0.2, 0.25) is 0 Å². The van der Waals surface area contributed by atoms with Crippen LogP contribution in [0.4, 0.5) is 19.0 Å². The summed E-state index contributed by atoms with van der Waals surface area (Å²) >= 11 is 0. The highest BCUT2D eigenvalue weighted by molar-refractivity contribution is 5.90. The van der Waals surface area contributed by atoms with Crippen LogP contribution in [0.5, 0.6) is 0 Å². The number of hydrogen-bond donors (Lipinski definition) is 1. The fourth-order valence-electron chi connectivity index (χ4n) is 2.93. The van der Waals surface area contributed by atoms with Crippen LogP contribution >= 0.6 is 0 Å². The minimum atomic E-state index is -2.61. The minimum absolute atomic E-state index is 0.0913. The summed E-state index contributed by atoms with van der Waals surface area (Å²) in [5, 5.41) is 7.01. The van der Waals surface area contributed by atoms with Gasteiger partial charge < -0.3 is 5.32 Å². The molecule has 1 fully saturated rings. The van der Waals surface area contributed by atoms with E-state index in [1.54, 1.807) is 25.2 Å². The number of halogens is 3. The zero-order valence-corrected chi connectivity index (χ0v) is 13.2. The quantitative estimate of drug-likeness (QED) is 0.907. The first-order valence-electron chi connectivity index (χ1n) is 7.76. The molecule has 1 amide bonds. The molecule has 0 aliphatic heterocycles. The Morgan fingerprint density at radius 3 is 2.62 bits per heavy atom. The third-order valence-electron chi connectivity index (χ3n) is 4.15. The molecule has 128 valence electrons. The summed E-state index contributed by atoms with van der Waals surface area (Å²) in [5.74, 6) is -2.93. The largest absolute Gasteiger partial charge is 0.311 e. The Bertz CT molecular complexity index is 732. The fraction of sp³-hybridized carbons (Fsp3) is 0.412. The fourth-order valence-corrected chi connectivity index (χ4v) is 2.93.